The van der Waals surface area contributed by atoms with Gasteiger partial charge in [-0.1, -0.05) is 6.07 Å². The second-order valence-electron chi connectivity index (χ2n) is 4.40. The second-order valence-corrected chi connectivity index (χ2v) is 4.40. The lowest BCUT2D eigenvalue weighted by atomic mass is 9.95. The molecule has 0 aliphatic carbocycles. The molecule has 2 heterocycles. The van der Waals surface area contributed by atoms with Crippen LogP contribution in [0.25, 0.3) is 22.0 Å². The molecule has 94 valence electrons. The van der Waals surface area contributed by atoms with Crippen molar-refractivity contribution in [3.8, 4) is 23.3 Å². The number of fused-ring (bicyclic) bond motifs is 1. The lowest BCUT2D eigenvalue weighted by Gasteiger charge is -2.08. The molecule has 20 heavy (non-hydrogen) atoms. The first kappa shape index (κ1) is 11.9. The van der Waals surface area contributed by atoms with Gasteiger partial charge in [-0.15, -0.1) is 0 Å². The van der Waals surface area contributed by atoms with Crippen LogP contribution in [0.3, 0.4) is 0 Å². The summed E-state index contributed by atoms with van der Waals surface area (Å²) in [5.41, 5.74) is 3.82. The van der Waals surface area contributed by atoms with Gasteiger partial charge in [-0.25, -0.2) is 0 Å². The number of H-pyrrole nitrogens is 1. The van der Waals surface area contributed by atoms with E-state index in [1.807, 2.05) is 18.2 Å². The van der Waals surface area contributed by atoms with Gasteiger partial charge in [0, 0.05) is 17.1 Å². The van der Waals surface area contributed by atoms with Crippen molar-refractivity contribution >= 4 is 10.9 Å². The molecular formula is C15H9N5. The molecule has 3 aromatic rings. The highest BCUT2D eigenvalue weighted by Gasteiger charge is 2.14. The molecule has 1 aromatic carbocycles. The van der Waals surface area contributed by atoms with Crippen molar-refractivity contribution in [3.05, 3.63) is 47.4 Å². The molecule has 0 aliphatic rings. The molecule has 0 aliphatic heterocycles. The van der Waals surface area contributed by atoms with Crippen molar-refractivity contribution in [1.82, 2.24) is 15.2 Å². The third-order valence-electron chi connectivity index (χ3n) is 3.23. The number of aryl methyl sites for hydroxylation is 1. The summed E-state index contributed by atoms with van der Waals surface area (Å²) in [6, 6.07) is 9.91. The minimum absolute atomic E-state index is 0.398. The molecule has 0 fully saturated rings. The van der Waals surface area contributed by atoms with Crippen LogP contribution < -0.4 is 0 Å². The van der Waals surface area contributed by atoms with Gasteiger partial charge >= 0.3 is 0 Å². The normalized spacial score (nSPS) is 10.2. The average molecular weight is 259 g/mol. The number of nitrogens with zero attached hydrogens (tertiary/aromatic N) is 4. The van der Waals surface area contributed by atoms with Crippen LogP contribution in [0.5, 0.6) is 0 Å². The van der Waals surface area contributed by atoms with Crippen molar-refractivity contribution in [2.24, 2.45) is 0 Å². The molecule has 0 atom stereocenters. The van der Waals surface area contributed by atoms with E-state index >= 15 is 0 Å². The molecule has 0 spiro atoms. The van der Waals surface area contributed by atoms with Gasteiger partial charge in [-0.3, -0.25) is 10.1 Å². The van der Waals surface area contributed by atoms with Crippen LogP contribution in [0.15, 0.2) is 30.6 Å². The zero-order chi connectivity index (χ0) is 14.1. The molecule has 0 amide bonds. The molecule has 0 unspecified atom stereocenters. The number of pyridine rings is 1. The van der Waals surface area contributed by atoms with Crippen LogP contribution in [-0.2, 0) is 0 Å². The monoisotopic (exact) mass is 259 g/mol. The number of hydrogen-bond donors (Lipinski definition) is 1. The Balaban J connectivity index is 2.35. The maximum absolute atomic E-state index is 9.34. The zero-order valence-corrected chi connectivity index (χ0v) is 10.7. The van der Waals surface area contributed by atoms with Gasteiger partial charge in [0.2, 0.25) is 0 Å². The van der Waals surface area contributed by atoms with Gasteiger partial charge in [0.05, 0.1) is 28.5 Å². The number of benzene rings is 1. The minimum atomic E-state index is 0.398. The van der Waals surface area contributed by atoms with Crippen molar-refractivity contribution in [1.29, 1.82) is 10.5 Å². The van der Waals surface area contributed by atoms with Gasteiger partial charge in [0.15, 0.2) is 0 Å². The fourth-order valence-corrected chi connectivity index (χ4v) is 2.23. The van der Waals surface area contributed by atoms with Gasteiger partial charge in [-0.05, 0) is 24.6 Å². The molecule has 0 bridgehead atoms. The summed E-state index contributed by atoms with van der Waals surface area (Å²) < 4.78 is 0. The Morgan fingerprint density at radius 3 is 2.75 bits per heavy atom. The molecule has 3 rings (SSSR count). The summed E-state index contributed by atoms with van der Waals surface area (Å²) in [5.74, 6) is 0. The summed E-state index contributed by atoms with van der Waals surface area (Å²) in [7, 11) is 0. The zero-order valence-electron chi connectivity index (χ0n) is 10.7. The van der Waals surface area contributed by atoms with E-state index in [0.717, 1.165) is 16.5 Å². The molecule has 5 heteroatoms. The number of hydrogen-bond acceptors (Lipinski definition) is 4. The number of aromatic amines is 1. The maximum atomic E-state index is 9.34. The molecule has 2 aromatic heterocycles. The number of aromatic nitrogens is 3. The Morgan fingerprint density at radius 2 is 2.00 bits per heavy atom. The van der Waals surface area contributed by atoms with Crippen LogP contribution in [0, 0.1) is 29.6 Å². The average Bonchev–Trinajstić information content (AvgIpc) is 2.94. The van der Waals surface area contributed by atoms with Crippen molar-refractivity contribution in [3.63, 3.8) is 0 Å². The summed E-state index contributed by atoms with van der Waals surface area (Å²) >= 11 is 0. The SMILES string of the molecule is Cc1ncc(C#N)c(-c2ccc3[nH]ncc3c2)c1C#N. The molecule has 0 saturated heterocycles. The number of rotatable bonds is 1. The van der Waals surface area contributed by atoms with Crippen molar-refractivity contribution < 1.29 is 0 Å². The molecular weight excluding hydrogens is 250 g/mol. The third-order valence-corrected chi connectivity index (χ3v) is 3.23. The lowest BCUT2D eigenvalue weighted by molar-refractivity contribution is 1.12. The highest BCUT2D eigenvalue weighted by Crippen LogP contribution is 2.30. The summed E-state index contributed by atoms with van der Waals surface area (Å²) in [6.07, 6.45) is 3.22. The Bertz CT molecular complexity index is 893. The van der Waals surface area contributed by atoms with E-state index in [2.05, 4.69) is 27.3 Å². The largest absolute Gasteiger partial charge is 0.278 e. The summed E-state index contributed by atoms with van der Waals surface area (Å²) in [5, 5.41) is 26.4. The number of nitriles is 2. The fraction of sp³-hybridized carbons (Fsp3) is 0.0667. The second kappa shape index (κ2) is 4.49. The minimum Gasteiger partial charge on any atom is -0.278 e. The Labute approximate surface area is 115 Å². The predicted molar refractivity (Wildman–Crippen MR) is 73.5 cm³/mol. The molecule has 1 N–H and O–H groups in total. The van der Waals surface area contributed by atoms with E-state index in [1.54, 1.807) is 13.1 Å². The van der Waals surface area contributed by atoms with E-state index in [-0.39, 0.29) is 0 Å². The maximum Gasteiger partial charge on any atom is 0.102 e. The smallest absolute Gasteiger partial charge is 0.102 e. The predicted octanol–water partition coefficient (Wildman–Crippen LogP) is 2.68. The highest BCUT2D eigenvalue weighted by molar-refractivity contribution is 5.87. The van der Waals surface area contributed by atoms with E-state index in [4.69, 9.17) is 0 Å². The number of nitrogens with one attached hydrogen (secondary N) is 1. The standard InChI is InChI=1S/C15H9N5/c1-9-13(6-17)15(12(5-16)7-18-9)10-2-3-14-11(4-10)8-19-20-14/h2-4,7-8H,1H3,(H,19,20). The Kier molecular flexibility index (Phi) is 2.67. The van der Waals surface area contributed by atoms with Crippen LogP contribution in [-0.4, -0.2) is 15.2 Å². The van der Waals surface area contributed by atoms with Crippen LogP contribution in [0.4, 0.5) is 0 Å². The topological polar surface area (TPSA) is 89.2 Å². The Morgan fingerprint density at radius 1 is 1.15 bits per heavy atom. The van der Waals surface area contributed by atoms with E-state index < -0.39 is 0 Å². The van der Waals surface area contributed by atoms with Gasteiger partial charge in [0.1, 0.15) is 12.1 Å². The first-order valence-electron chi connectivity index (χ1n) is 5.98. The highest BCUT2D eigenvalue weighted by atomic mass is 15.1. The first-order chi connectivity index (χ1) is 9.74. The van der Waals surface area contributed by atoms with Gasteiger partial charge < -0.3 is 0 Å². The molecule has 0 radical (unpaired) electrons. The van der Waals surface area contributed by atoms with Crippen LogP contribution >= 0.6 is 0 Å². The van der Waals surface area contributed by atoms with Crippen LogP contribution in [0.1, 0.15) is 16.8 Å². The quantitative estimate of drug-likeness (QED) is 0.727. The van der Waals surface area contributed by atoms with Crippen LogP contribution in [0.2, 0.25) is 0 Å². The Hall–Kier alpha value is -3.18. The van der Waals surface area contributed by atoms with Gasteiger partial charge in [0.25, 0.3) is 0 Å². The summed E-state index contributed by atoms with van der Waals surface area (Å²) in [4.78, 5) is 4.10. The van der Waals surface area contributed by atoms with Gasteiger partial charge in [-0.2, -0.15) is 15.6 Å². The van der Waals surface area contributed by atoms with Crippen molar-refractivity contribution in [2.45, 2.75) is 6.92 Å². The molecule has 0 saturated carbocycles. The summed E-state index contributed by atoms with van der Waals surface area (Å²) in [6.45, 7) is 1.76. The third kappa shape index (κ3) is 1.70. The van der Waals surface area contributed by atoms with Crippen molar-refractivity contribution in [2.75, 3.05) is 0 Å². The fourth-order valence-electron chi connectivity index (χ4n) is 2.23. The molecule has 5 nitrogen and oxygen atoms in total. The van der Waals surface area contributed by atoms with E-state index in [9.17, 15) is 10.5 Å². The van der Waals surface area contributed by atoms with E-state index in [0.29, 0.717) is 22.4 Å². The van der Waals surface area contributed by atoms with E-state index in [1.165, 1.54) is 6.20 Å². The lowest BCUT2D eigenvalue weighted by Crippen LogP contribution is -1.96. The first-order valence-corrected chi connectivity index (χ1v) is 5.98.